The number of fused-ring (bicyclic) bond motifs is 2. The van der Waals surface area contributed by atoms with Crippen molar-refractivity contribution in [3.63, 3.8) is 0 Å². The molecule has 0 spiro atoms. The summed E-state index contributed by atoms with van der Waals surface area (Å²) in [5.41, 5.74) is 2.53. The van der Waals surface area contributed by atoms with Crippen LogP contribution < -0.4 is 0 Å². The van der Waals surface area contributed by atoms with Crippen LogP contribution in [0.1, 0.15) is 16.4 Å². The van der Waals surface area contributed by atoms with E-state index in [2.05, 4.69) is 25.9 Å². The number of hydrogen-bond donors (Lipinski definition) is 1. The molecule has 0 saturated carbocycles. The molecule has 0 aliphatic heterocycles. The van der Waals surface area contributed by atoms with Crippen LogP contribution in [0.2, 0.25) is 0 Å². The van der Waals surface area contributed by atoms with E-state index < -0.39 is 0 Å². The molecule has 120 valence electrons. The highest BCUT2D eigenvalue weighted by molar-refractivity contribution is 9.10. The smallest absolute Gasteiger partial charge is 0.289 e. The maximum absolute atomic E-state index is 12.6. The molecule has 1 amide bonds. The summed E-state index contributed by atoms with van der Waals surface area (Å²) in [4.78, 5) is 21.9. The van der Waals surface area contributed by atoms with Gasteiger partial charge >= 0.3 is 0 Å². The molecule has 0 aliphatic rings. The van der Waals surface area contributed by atoms with Crippen LogP contribution in [0.5, 0.6) is 0 Å². The van der Waals surface area contributed by atoms with Crippen molar-refractivity contribution in [2.75, 3.05) is 7.05 Å². The molecule has 0 aliphatic carbocycles. The molecule has 4 rings (SSSR count). The fraction of sp³-hybridized carbons (Fsp3) is 0.111. The summed E-state index contributed by atoms with van der Waals surface area (Å²) in [5.74, 6) is 0.874. The van der Waals surface area contributed by atoms with Crippen LogP contribution >= 0.6 is 15.9 Å². The van der Waals surface area contributed by atoms with E-state index in [1.807, 2.05) is 42.5 Å². The standard InChI is InChI=1S/C18H14BrN3O2/c1-22(10-16-20-13-7-2-3-8-14(13)21-16)18(23)15-9-11-5-4-6-12(19)17(11)24-15/h2-9H,10H2,1H3,(H,20,21). The molecule has 0 atom stereocenters. The zero-order valence-electron chi connectivity index (χ0n) is 12.9. The van der Waals surface area contributed by atoms with Crippen molar-refractivity contribution in [3.8, 4) is 0 Å². The van der Waals surface area contributed by atoms with Crippen LogP contribution in [0.25, 0.3) is 22.0 Å². The number of nitrogens with one attached hydrogen (secondary N) is 1. The van der Waals surface area contributed by atoms with Gasteiger partial charge in [-0.2, -0.15) is 0 Å². The zero-order valence-corrected chi connectivity index (χ0v) is 14.5. The minimum atomic E-state index is -0.182. The van der Waals surface area contributed by atoms with Crippen molar-refractivity contribution < 1.29 is 9.21 Å². The normalized spacial score (nSPS) is 11.2. The van der Waals surface area contributed by atoms with E-state index in [4.69, 9.17) is 4.42 Å². The second-order valence-electron chi connectivity index (χ2n) is 5.63. The molecule has 0 fully saturated rings. The van der Waals surface area contributed by atoms with Crippen molar-refractivity contribution in [1.82, 2.24) is 14.9 Å². The molecule has 0 saturated heterocycles. The number of benzene rings is 2. The van der Waals surface area contributed by atoms with Gasteiger partial charge in [-0.25, -0.2) is 4.98 Å². The quantitative estimate of drug-likeness (QED) is 0.572. The van der Waals surface area contributed by atoms with Gasteiger partial charge in [-0.05, 0) is 40.2 Å². The van der Waals surface area contributed by atoms with Crippen LogP contribution in [0.15, 0.2) is 57.4 Å². The first-order valence-electron chi connectivity index (χ1n) is 7.49. The van der Waals surface area contributed by atoms with E-state index in [1.54, 1.807) is 18.0 Å². The average Bonchev–Trinajstić information content (AvgIpc) is 3.18. The fourth-order valence-electron chi connectivity index (χ4n) is 2.70. The molecule has 24 heavy (non-hydrogen) atoms. The van der Waals surface area contributed by atoms with Gasteiger partial charge in [0.2, 0.25) is 0 Å². The van der Waals surface area contributed by atoms with Crippen molar-refractivity contribution in [2.45, 2.75) is 6.54 Å². The minimum absolute atomic E-state index is 0.182. The van der Waals surface area contributed by atoms with E-state index in [0.717, 1.165) is 26.7 Å². The first kappa shape index (κ1) is 15.0. The van der Waals surface area contributed by atoms with Gasteiger partial charge in [0, 0.05) is 12.4 Å². The first-order valence-corrected chi connectivity index (χ1v) is 8.28. The maximum atomic E-state index is 12.6. The predicted octanol–water partition coefficient (Wildman–Crippen LogP) is 4.34. The number of carbonyl (C=O) groups is 1. The molecular weight excluding hydrogens is 370 g/mol. The van der Waals surface area contributed by atoms with Crippen molar-refractivity contribution in [1.29, 1.82) is 0 Å². The first-order chi connectivity index (χ1) is 11.6. The number of rotatable bonds is 3. The second-order valence-corrected chi connectivity index (χ2v) is 6.49. The molecule has 2 aromatic heterocycles. The van der Waals surface area contributed by atoms with E-state index in [0.29, 0.717) is 17.9 Å². The van der Waals surface area contributed by atoms with Gasteiger partial charge in [-0.1, -0.05) is 24.3 Å². The maximum Gasteiger partial charge on any atom is 0.289 e. The fourth-order valence-corrected chi connectivity index (χ4v) is 3.16. The number of carbonyl (C=O) groups excluding carboxylic acids is 1. The Hall–Kier alpha value is -2.60. The Bertz CT molecular complexity index is 1020. The second kappa shape index (κ2) is 5.79. The molecule has 4 aromatic rings. The third-order valence-corrected chi connectivity index (χ3v) is 4.50. The largest absolute Gasteiger partial charge is 0.450 e. The third kappa shape index (κ3) is 2.59. The van der Waals surface area contributed by atoms with Crippen LogP contribution in [-0.4, -0.2) is 27.8 Å². The molecule has 0 bridgehead atoms. The van der Waals surface area contributed by atoms with Crippen LogP contribution in [0, 0.1) is 0 Å². The number of halogens is 1. The van der Waals surface area contributed by atoms with Gasteiger partial charge in [-0.15, -0.1) is 0 Å². The summed E-state index contributed by atoms with van der Waals surface area (Å²) in [7, 11) is 1.73. The number of amides is 1. The highest BCUT2D eigenvalue weighted by Crippen LogP contribution is 2.27. The monoisotopic (exact) mass is 383 g/mol. The van der Waals surface area contributed by atoms with Crippen LogP contribution in [0.3, 0.4) is 0 Å². The number of hydrogen-bond acceptors (Lipinski definition) is 3. The van der Waals surface area contributed by atoms with Gasteiger partial charge in [0.15, 0.2) is 5.76 Å². The average molecular weight is 384 g/mol. The Kier molecular flexibility index (Phi) is 3.61. The number of imidazole rings is 1. The molecule has 6 heteroatoms. The number of para-hydroxylation sites is 3. The lowest BCUT2D eigenvalue weighted by atomic mass is 10.2. The highest BCUT2D eigenvalue weighted by atomic mass is 79.9. The van der Waals surface area contributed by atoms with Crippen molar-refractivity contribution in [3.05, 3.63) is 64.6 Å². The Balaban J connectivity index is 1.59. The van der Waals surface area contributed by atoms with Gasteiger partial charge in [-0.3, -0.25) is 4.79 Å². The zero-order chi connectivity index (χ0) is 16.7. The van der Waals surface area contributed by atoms with Crippen molar-refractivity contribution >= 4 is 43.8 Å². The lowest BCUT2D eigenvalue weighted by molar-refractivity contribution is 0.0752. The Morgan fingerprint density at radius 3 is 2.88 bits per heavy atom. The summed E-state index contributed by atoms with van der Waals surface area (Å²) < 4.78 is 6.54. The van der Waals surface area contributed by atoms with Gasteiger partial charge in [0.25, 0.3) is 5.91 Å². The molecule has 5 nitrogen and oxygen atoms in total. The van der Waals surface area contributed by atoms with E-state index in [1.165, 1.54) is 0 Å². The van der Waals surface area contributed by atoms with Gasteiger partial charge in [0.1, 0.15) is 11.4 Å². The Morgan fingerprint density at radius 2 is 2.08 bits per heavy atom. The SMILES string of the molecule is CN(Cc1nc2ccccc2[nH]1)C(=O)c1cc2cccc(Br)c2o1. The summed E-state index contributed by atoms with van der Waals surface area (Å²) in [6.07, 6.45) is 0. The van der Waals surface area contributed by atoms with Gasteiger partial charge < -0.3 is 14.3 Å². The highest BCUT2D eigenvalue weighted by Gasteiger charge is 2.19. The molecule has 1 N–H and O–H groups in total. The van der Waals surface area contributed by atoms with Crippen molar-refractivity contribution in [2.24, 2.45) is 0 Å². The lowest BCUT2D eigenvalue weighted by Gasteiger charge is -2.13. The molecule has 2 heterocycles. The minimum Gasteiger partial charge on any atom is -0.450 e. The molecular formula is C18H14BrN3O2. The molecule has 0 unspecified atom stereocenters. The lowest BCUT2D eigenvalue weighted by Crippen LogP contribution is -2.26. The van der Waals surface area contributed by atoms with E-state index >= 15 is 0 Å². The number of nitrogens with zero attached hydrogens (tertiary/aromatic N) is 2. The summed E-state index contributed by atoms with van der Waals surface area (Å²) >= 11 is 3.44. The topological polar surface area (TPSA) is 62.1 Å². The third-order valence-electron chi connectivity index (χ3n) is 3.88. The molecule has 2 aromatic carbocycles. The predicted molar refractivity (Wildman–Crippen MR) is 95.8 cm³/mol. The van der Waals surface area contributed by atoms with Gasteiger partial charge in [0.05, 0.1) is 22.1 Å². The number of aromatic nitrogens is 2. The molecule has 0 radical (unpaired) electrons. The number of aromatic amines is 1. The Morgan fingerprint density at radius 1 is 1.25 bits per heavy atom. The number of furan rings is 1. The van der Waals surface area contributed by atoms with Crippen LogP contribution in [-0.2, 0) is 6.54 Å². The Labute approximate surface area is 146 Å². The van der Waals surface area contributed by atoms with E-state index in [-0.39, 0.29) is 5.91 Å². The van der Waals surface area contributed by atoms with Crippen LogP contribution in [0.4, 0.5) is 0 Å². The summed E-state index contributed by atoms with van der Waals surface area (Å²) in [5, 5.41) is 0.893. The summed E-state index contributed by atoms with van der Waals surface area (Å²) in [6, 6.07) is 15.3. The summed E-state index contributed by atoms with van der Waals surface area (Å²) in [6.45, 7) is 0.381. The van der Waals surface area contributed by atoms with E-state index in [9.17, 15) is 4.79 Å². The number of H-pyrrole nitrogens is 1.